The summed E-state index contributed by atoms with van der Waals surface area (Å²) in [6, 6.07) is 10.4. The standard InChI is InChI=1S/C14H16N2O2S/c1-11-4-6-13(7-5-11)19(17,18)14(9-15)12-3-2-8-16-10-12/h2-8,10,14H,9,15H2,1H3/p+1/t14-/m0/s1. The number of hydrogen-bond acceptors (Lipinski definition) is 3. The summed E-state index contributed by atoms with van der Waals surface area (Å²) in [6.45, 7) is 2.21. The predicted molar refractivity (Wildman–Crippen MR) is 73.1 cm³/mol. The molecule has 1 aromatic carbocycles. The van der Waals surface area contributed by atoms with Gasteiger partial charge in [-0.05, 0) is 30.7 Å². The second-order valence-electron chi connectivity index (χ2n) is 4.42. The molecule has 0 aliphatic rings. The van der Waals surface area contributed by atoms with E-state index in [-0.39, 0.29) is 6.54 Å². The lowest BCUT2D eigenvalue weighted by Gasteiger charge is -2.14. The van der Waals surface area contributed by atoms with Gasteiger partial charge in [0.2, 0.25) is 0 Å². The lowest BCUT2D eigenvalue weighted by atomic mass is 10.2. The highest BCUT2D eigenvalue weighted by molar-refractivity contribution is 7.91. The van der Waals surface area contributed by atoms with Gasteiger partial charge in [0.05, 0.1) is 11.4 Å². The van der Waals surface area contributed by atoms with Crippen molar-refractivity contribution in [3.8, 4) is 0 Å². The van der Waals surface area contributed by atoms with E-state index in [0.29, 0.717) is 10.5 Å². The molecule has 1 aromatic heterocycles. The van der Waals surface area contributed by atoms with E-state index in [2.05, 4.69) is 10.7 Å². The van der Waals surface area contributed by atoms with Crippen LogP contribution in [-0.2, 0) is 9.84 Å². The van der Waals surface area contributed by atoms with Gasteiger partial charge < -0.3 is 5.73 Å². The maximum absolute atomic E-state index is 12.6. The Morgan fingerprint density at radius 2 is 1.89 bits per heavy atom. The van der Waals surface area contributed by atoms with E-state index >= 15 is 0 Å². The van der Waals surface area contributed by atoms with E-state index < -0.39 is 15.1 Å². The molecule has 4 nitrogen and oxygen atoms in total. The second kappa shape index (κ2) is 5.50. The number of rotatable bonds is 4. The lowest BCUT2D eigenvalue weighted by Crippen LogP contribution is -2.54. The summed E-state index contributed by atoms with van der Waals surface area (Å²) < 4.78 is 25.2. The predicted octanol–water partition coefficient (Wildman–Crippen LogP) is 1.15. The van der Waals surface area contributed by atoms with Crippen molar-refractivity contribution in [3.05, 3.63) is 59.9 Å². The Balaban J connectivity index is 2.45. The van der Waals surface area contributed by atoms with Crippen molar-refractivity contribution in [1.29, 1.82) is 0 Å². The number of hydrogen-bond donors (Lipinski definition) is 1. The molecule has 2 rings (SSSR count). The van der Waals surface area contributed by atoms with Crippen LogP contribution in [0.3, 0.4) is 0 Å². The van der Waals surface area contributed by atoms with Crippen LogP contribution in [0.5, 0.6) is 0 Å². The molecule has 0 aliphatic heterocycles. The molecule has 19 heavy (non-hydrogen) atoms. The summed E-state index contributed by atoms with van der Waals surface area (Å²) in [5, 5.41) is -0.649. The van der Waals surface area contributed by atoms with Crippen molar-refractivity contribution in [2.45, 2.75) is 17.1 Å². The first-order valence-electron chi connectivity index (χ1n) is 6.05. The number of nitrogens with zero attached hydrogens (tertiary/aromatic N) is 1. The first-order chi connectivity index (χ1) is 9.05. The molecule has 1 heterocycles. The zero-order chi connectivity index (χ0) is 13.9. The molecule has 1 atom stereocenters. The van der Waals surface area contributed by atoms with Crippen LogP contribution in [0.15, 0.2) is 53.7 Å². The summed E-state index contributed by atoms with van der Waals surface area (Å²) in [4.78, 5) is 4.31. The molecular weight excluding hydrogens is 260 g/mol. The van der Waals surface area contributed by atoms with Crippen molar-refractivity contribution in [1.82, 2.24) is 4.98 Å². The number of aryl methyl sites for hydroxylation is 1. The zero-order valence-electron chi connectivity index (χ0n) is 10.8. The highest BCUT2D eigenvalue weighted by atomic mass is 32.2. The Morgan fingerprint density at radius 1 is 1.21 bits per heavy atom. The Hall–Kier alpha value is -1.72. The first kappa shape index (κ1) is 13.7. The van der Waals surface area contributed by atoms with Gasteiger partial charge in [0.1, 0.15) is 5.25 Å². The van der Waals surface area contributed by atoms with Gasteiger partial charge in [0, 0.05) is 12.4 Å². The van der Waals surface area contributed by atoms with E-state index in [0.717, 1.165) is 5.56 Å². The number of pyridine rings is 1. The third kappa shape index (κ3) is 2.83. The molecule has 0 spiro atoms. The monoisotopic (exact) mass is 277 g/mol. The fourth-order valence-corrected chi connectivity index (χ4v) is 3.61. The molecule has 0 saturated carbocycles. The number of aromatic nitrogens is 1. The topological polar surface area (TPSA) is 74.7 Å². The molecule has 0 radical (unpaired) electrons. The van der Waals surface area contributed by atoms with Crippen LogP contribution in [0.2, 0.25) is 0 Å². The Morgan fingerprint density at radius 3 is 2.42 bits per heavy atom. The average Bonchev–Trinajstić information content (AvgIpc) is 2.41. The maximum atomic E-state index is 12.6. The van der Waals surface area contributed by atoms with E-state index in [1.807, 2.05) is 6.92 Å². The van der Waals surface area contributed by atoms with Crippen molar-refractivity contribution in [2.24, 2.45) is 0 Å². The molecule has 100 valence electrons. The highest BCUT2D eigenvalue weighted by Crippen LogP contribution is 2.27. The van der Waals surface area contributed by atoms with Crippen molar-refractivity contribution in [3.63, 3.8) is 0 Å². The van der Waals surface area contributed by atoms with Crippen LogP contribution < -0.4 is 5.73 Å². The molecule has 3 N–H and O–H groups in total. The van der Waals surface area contributed by atoms with Gasteiger partial charge in [-0.2, -0.15) is 0 Å². The van der Waals surface area contributed by atoms with Crippen LogP contribution in [0, 0.1) is 6.92 Å². The second-order valence-corrected chi connectivity index (χ2v) is 6.55. The van der Waals surface area contributed by atoms with Gasteiger partial charge in [0.25, 0.3) is 0 Å². The molecular formula is C14H17N2O2S+. The quantitative estimate of drug-likeness (QED) is 0.911. The normalized spacial score (nSPS) is 13.2. The zero-order valence-corrected chi connectivity index (χ0v) is 11.6. The van der Waals surface area contributed by atoms with Gasteiger partial charge in [-0.1, -0.05) is 23.8 Å². The first-order valence-corrected chi connectivity index (χ1v) is 7.60. The lowest BCUT2D eigenvalue weighted by molar-refractivity contribution is -0.367. The Bertz CT molecular complexity index is 637. The fourth-order valence-electron chi connectivity index (χ4n) is 1.96. The molecule has 0 aliphatic carbocycles. The molecule has 5 heteroatoms. The molecule has 0 amide bonds. The van der Waals surface area contributed by atoms with Crippen molar-refractivity contribution < 1.29 is 14.2 Å². The molecule has 0 saturated heterocycles. The largest absolute Gasteiger partial charge is 0.356 e. The smallest absolute Gasteiger partial charge is 0.190 e. The van der Waals surface area contributed by atoms with Gasteiger partial charge in [-0.3, -0.25) is 4.98 Å². The van der Waals surface area contributed by atoms with Gasteiger partial charge in [0.15, 0.2) is 9.84 Å². The fraction of sp³-hybridized carbons (Fsp3) is 0.214. The summed E-state index contributed by atoms with van der Waals surface area (Å²) in [5.74, 6) is 0. The SMILES string of the molecule is Cc1ccc(S(=O)(=O)[C@@H](C[NH3+])c2cccnc2)cc1. The number of quaternary nitrogens is 1. The van der Waals surface area contributed by atoms with E-state index in [1.54, 1.807) is 48.8 Å². The number of benzene rings is 1. The summed E-state index contributed by atoms with van der Waals surface area (Å²) >= 11 is 0. The van der Waals surface area contributed by atoms with Crippen molar-refractivity contribution in [2.75, 3.05) is 6.54 Å². The van der Waals surface area contributed by atoms with Gasteiger partial charge >= 0.3 is 0 Å². The van der Waals surface area contributed by atoms with Crippen LogP contribution in [0.25, 0.3) is 0 Å². The molecule has 2 aromatic rings. The van der Waals surface area contributed by atoms with E-state index in [1.165, 1.54) is 0 Å². The van der Waals surface area contributed by atoms with E-state index in [9.17, 15) is 8.42 Å². The average molecular weight is 277 g/mol. The summed E-state index contributed by atoms with van der Waals surface area (Å²) in [6.07, 6.45) is 3.21. The van der Waals surface area contributed by atoms with Crippen LogP contribution >= 0.6 is 0 Å². The minimum Gasteiger partial charge on any atom is -0.356 e. The van der Waals surface area contributed by atoms with Gasteiger partial charge in [-0.15, -0.1) is 0 Å². The molecule has 0 bridgehead atoms. The molecule has 0 unspecified atom stereocenters. The van der Waals surface area contributed by atoms with Crippen LogP contribution in [-0.4, -0.2) is 19.9 Å². The third-order valence-electron chi connectivity index (χ3n) is 3.04. The minimum atomic E-state index is -3.42. The highest BCUT2D eigenvalue weighted by Gasteiger charge is 2.29. The maximum Gasteiger partial charge on any atom is 0.190 e. The van der Waals surface area contributed by atoms with Crippen molar-refractivity contribution >= 4 is 9.84 Å². The Labute approximate surface area is 113 Å². The van der Waals surface area contributed by atoms with Crippen LogP contribution in [0.4, 0.5) is 0 Å². The Kier molecular flexibility index (Phi) is 3.97. The minimum absolute atomic E-state index is 0.280. The third-order valence-corrected chi connectivity index (χ3v) is 5.23. The summed E-state index contributed by atoms with van der Waals surface area (Å²) in [7, 11) is -3.42. The number of sulfone groups is 1. The van der Waals surface area contributed by atoms with Crippen LogP contribution in [0.1, 0.15) is 16.4 Å². The summed E-state index contributed by atoms with van der Waals surface area (Å²) in [5.41, 5.74) is 5.48. The van der Waals surface area contributed by atoms with E-state index in [4.69, 9.17) is 0 Å². The van der Waals surface area contributed by atoms with Gasteiger partial charge in [-0.25, -0.2) is 8.42 Å². The molecule has 0 fully saturated rings.